The van der Waals surface area contributed by atoms with Crippen LogP contribution in [0.5, 0.6) is 0 Å². The number of rotatable bonds is 6. The smallest absolute Gasteiger partial charge is 0.234 e. The molecule has 0 aliphatic carbocycles. The van der Waals surface area contributed by atoms with Crippen molar-refractivity contribution >= 4 is 5.91 Å². The summed E-state index contributed by atoms with van der Waals surface area (Å²) in [4.78, 5) is 13.7. The molecular formula is C12H25N3O. The summed E-state index contributed by atoms with van der Waals surface area (Å²) in [5.41, 5.74) is 0. The van der Waals surface area contributed by atoms with Gasteiger partial charge in [0.2, 0.25) is 5.91 Å². The van der Waals surface area contributed by atoms with E-state index in [4.69, 9.17) is 0 Å². The number of carbonyl (C=O) groups excluding carboxylic acids is 1. The molecule has 16 heavy (non-hydrogen) atoms. The highest BCUT2D eigenvalue weighted by Crippen LogP contribution is 2.05. The third-order valence-corrected chi connectivity index (χ3v) is 2.82. The molecule has 2 N–H and O–H groups in total. The van der Waals surface area contributed by atoms with E-state index >= 15 is 0 Å². The van der Waals surface area contributed by atoms with Gasteiger partial charge in [-0.25, -0.2) is 0 Å². The molecule has 0 aromatic rings. The van der Waals surface area contributed by atoms with Gasteiger partial charge in [0.25, 0.3) is 0 Å². The Morgan fingerprint density at radius 3 is 2.88 bits per heavy atom. The lowest BCUT2D eigenvalue weighted by Crippen LogP contribution is -2.41. The molecule has 0 aromatic heterocycles. The van der Waals surface area contributed by atoms with Crippen LogP contribution in [0.4, 0.5) is 0 Å². The molecule has 1 heterocycles. The Labute approximate surface area is 98.8 Å². The first-order chi connectivity index (χ1) is 7.58. The van der Waals surface area contributed by atoms with Crippen molar-refractivity contribution < 1.29 is 4.79 Å². The lowest BCUT2D eigenvalue weighted by atomic mass is 10.2. The van der Waals surface area contributed by atoms with Gasteiger partial charge in [-0.3, -0.25) is 9.69 Å². The predicted molar refractivity (Wildman–Crippen MR) is 66.4 cm³/mol. The minimum Gasteiger partial charge on any atom is -0.355 e. The Morgan fingerprint density at radius 1 is 1.56 bits per heavy atom. The minimum atomic E-state index is 0.134. The average molecular weight is 227 g/mol. The highest BCUT2D eigenvalue weighted by Gasteiger charge is 2.16. The second-order valence-corrected chi connectivity index (χ2v) is 5.19. The van der Waals surface area contributed by atoms with Gasteiger partial charge < -0.3 is 10.6 Å². The summed E-state index contributed by atoms with van der Waals surface area (Å²) in [6, 6.07) is 0.572. The summed E-state index contributed by atoms with van der Waals surface area (Å²) in [7, 11) is 2.01. The molecule has 4 heteroatoms. The van der Waals surface area contributed by atoms with Gasteiger partial charge in [0.05, 0.1) is 6.54 Å². The number of nitrogens with one attached hydrogen (secondary N) is 2. The zero-order valence-electron chi connectivity index (χ0n) is 10.8. The fourth-order valence-corrected chi connectivity index (χ4v) is 1.97. The third-order valence-electron chi connectivity index (χ3n) is 2.82. The standard InChI is InChI=1S/C12H25N3O/c1-10(2)7-14-12(16)9-15(3)8-11-5-4-6-13-11/h10-11,13H,4-9H2,1-3H3,(H,14,16)/t11-/m1/s1. The van der Waals surface area contributed by atoms with E-state index in [1.165, 1.54) is 12.8 Å². The Morgan fingerprint density at radius 2 is 2.31 bits per heavy atom. The lowest BCUT2D eigenvalue weighted by molar-refractivity contribution is -0.122. The van der Waals surface area contributed by atoms with E-state index in [2.05, 4.69) is 29.4 Å². The van der Waals surface area contributed by atoms with Crippen molar-refractivity contribution in [2.24, 2.45) is 5.92 Å². The maximum absolute atomic E-state index is 11.6. The van der Waals surface area contributed by atoms with Gasteiger partial charge in [0.1, 0.15) is 0 Å². The highest BCUT2D eigenvalue weighted by atomic mass is 16.2. The third kappa shape index (κ3) is 5.47. The second-order valence-electron chi connectivity index (χ2n) is 5.19. The van der Waals surface area contributed by atoms with Gasteiger partial charge in [0, 0.05) is 19.1 Å². The van der Waals surface area contributed by atoms with Crippen LogP contribution in [0.15, 0.2) is 0 Å². The molecule has 94 valence electrons. The number of amides is 1. The van der Waals surface area contributed by atoms with Gasteiger partial charge in [0.15, 0.2) is 0 Å². The molecule has 1 atom stereocenters. The molecule has 1 aliphatic heterocycles. The first kappa shape index (κ1) is 13.5. The first-order valence-corrected chi connectivity index (χ1v) is 6.26. The summed E-state index contributed by atoms with van der Waals surface area (Å²) in [6.45, 7) is 7.57. The van der Waals surface area contributed by atoms with E-state index in [0.717, 1.165) is 19.6 Å². The van der Waals surface area contributed by atoms with E-state index in [-0.39, 0.29) is 5.91 Å². The number of hydrogen-bond acceptors (Lipinski definition) is 3. The van der Waals surface area contributed by atoms with Crippen LogP contribution in [0.2, 0.25) is 0 Å². The second kappa shape index (κ2) is 6.86. The monoisotopic (exact) mass is 227 g/mol. The molecule has 0 unspecified atom stereocenters. The van der Waals surface area contributed by atoms with Crippen molar-refractivity contribution in [2.75, 3.05) is 33.2 Å². The first-order valence-electron chi connectivity index (χ1n) is 6.26. The van der Waals surface area contributed by atoms with Crippen molar-refractivity contribution in [1.29, 1.82) is 0 Å². The van der Waals surface area contributed by atoms with Crippen molar-refractivity contribution in [3.8, 4) is 0 Å². The van der Waals surface area contributed by atoms with Crippen LogP contribution in [-0.2, 0) is 4.79 Å². The molecule has 1 saturated heterocycles. The van der Waals surface area contributed by atoms with Crippen molar-refractivity contribution in [2.45, 2.75) is 32.7 Å². The zero-order chi connectivity index (χ0) is 12.0. The molecule has 0 radical (unpaired) electrons. The number of hydrogen-bond donors (Lipinski definition) is 2. The summed E-state index contributed by atoms with van der Waals surface area (Å²) < 4.78 is 0. The minimum absolute atomic E-state index is 0.134. The van der Waals surface area contributed by atoms with Gasteiger partial charge >= 0.3 is 0 Å². The Balaban J connectivity index is 2.12. The molecule has 1 aliphatic rings. The molecular weight excluding hydrogens is 202 g/mol. The molecule has 0 aromatic carbocycles. The topological polar surface area (TPSA) is 44.4 Å². The molecule has 1 fully saturated rings. The van der Waals surface area contributed by atoms with Crippen molar-refractivity contribution in [1.82, 2.24) is 15.5 Å². The molecule has 0 spiro atoms. The summed E-state index contributed by atoms with van der Waals surface area (Å²) in [5.74, 6) is 0.653. The van der Waals surface area contributed by atoms with Gasteiger partial charge in [-0.05, 0) is 32.4 Å². The van der Waals surface area contributed by atoms with Crippen LogP contribution < -0.4 is 10.6 Å². The van der Waals surface area contributed by atoms with E-state index in [1.54, 1.807) is 0 Å². The highest BCUT2D eigenvalue weighted by molar-refractivity contribution is 5.77. The van der Waals surface area contributed by atoms with Crippen LogP contribution in [0.3, 0.4) is 0 Å². The average Bonchev–Trinajstić information content (AvgIpc) is 2.67. The van der Waals surface area contributed by atoms with Crippen molar-refractivity contribution in [3.63, 3.8) is 0 Å². The molecule has 1 amide bonds. The summed E-state index contributed by atoms with van der Waals surface area (Å²) in [5, 5.41) is 6.37. The quantitative estimate of drug-likeness (QED) is 0.692. The zero-order valence-corrected chi connectivity index (χ0v) is 10.8. The Bertz CT molecular complexity index is 212. The number of likely N-dealkylation sites (N-methyl/N-ethyl adjacent to an activating group) is 1. The summed E-state index contributed by atoms with van der Waals surface area (Å²) >= 11 is 0. The normalized spacial score (nSPS) is 20.7. The maximum Gasteiger partial charge on any atom is 0.234 e. The van der Waals surface area contributed by atoms with E-state index in [0.29, 0.717) is 18.5 Å². The number of carbonyl (C=O) groups is 1. The van der Waals surface area contributed by atoms with E-state index in [1.807, 2.05) is 7.05 Å². The predicted octanol–water partition coefficient (Wildman–Crippen LogP) is 0.442. The Hall–Kier alpha value is -0.610. The SMILES string of the molecule is CC(C)CNC(=O)CN(C)C[C@H]1CCCN1. The van der Waals surface area contributed by atoms with Crippen LogP contribution in [0.1, 0.15) is 26.7 Å². The molecule has 1 rings (SSSR count). The van der Waals surface area contributed by atoms with E-state index < -0.39 is 0 Å². The fraction of sp³-hybridized carbons (Fsp3) is 0.917. The van der Waals surface area contributed by atoms with Crippen LogP contribution in [0, 0.1) is 5.92 Å². The van der Waals surface area contributed by atoms with Gasteiger partial charge in [-0.15, -0.1) is 0 Å². The fourth-order valence-electron chi connectivity index (χ4n) is 1.97. The number of nitrogens with zero attached hydrogens (tertiary/aromatic N) is 1. The molecule has 0 bridgehead atoms. The lowest BCUT2D eigenvalue weighted by Gasteiger charge is -2.20. The molecule has 0 saturated carbocycles. The van der Waals surface area contributed by atoms with E-state index in [9.17, 15) is 4.79 Å². The van der Waals surface area contributed by atoms with Crippen LogP contribution in [-0.4, -0.2) is 50.1 Å². The largest absolute Gasteiger partial charge is 0.355 e. The maximum atomic E-state index is 11.6. The van der Waals surface area contributed by atoms with Crippen LogP contribution >= 0.6 is 0 Å². The van der Waals surface area contributed by atoms with Crippen molar-refractivity contribution in [3.05, 3.63) is 0 Å². The Kier molecular flexibility index (Phi) is 5.77. The van der Waals surface area contributed by atoms with Gasteiger partial charge in [-0.1, -0.05) is 13.8 Å². The summed E-state index contributed by atoms with van der Waals surface area (Å²) in [6.07, 6.45) is 2.50. The van der Waals surface area contributed by atoms with Crippen LogP contribution in [0.25, 0.3) is 0 Å². The van der Waals surface area contributed by atoms with Gasteiger partial charge in [-0.2, -0.15) is 0 Å². The molecule has 4 nitrogen and oxygen atoms in total.